The molecule has 1 fully saturated rings. The first kappa shape index (κ1) is 15.8. The highest BCUT2D eigenvalue weighted by Crippen LogP contribution is 2.19. The Hall–Kier alpha value is -1.62. The van der Waals surface area contributed by atoms with Crippen LogP contribution in [0.25, 0.3) is 0 Å². The Kier molecular flexibility index (Phi) is 5.17. The average molecular weight is 295 g/mol. The summed E-state index contributed by atoms with van der Waals surface area (Å²) in [5.41, 5.74) is 0.801. The molecule has 21 heavy (non-hydrogen) atoms. The van der Waals surface area contributed by atoms with Gasteiger partial charge in [-0.3, -0.25) is 4.79 Å². The quantitative estimate of drug-likeness (QED) is 0.856. The number of halogens is 1. The Balaban J connectivity index is 1.93. The maximum absolute atomic E-state index is 13.6. The second-order valence-electron chi connectivity index (χ2n) is 5.51. The predicted molar refractivity (Wildman–Crippen MR) is 77.9 cm³/mol. The van der Waals surface area contributed by atoms with Crippen LogP contribution in [-0.2, 0) is 16.0 Å². The predicted octanol–water partition coefficient (Wildman–Crippen LogP) is 2.40. The molecule has 0 unspecified atom stereocenters. The highest BCUT2D eigenvalue weighted by molar-refractivity contribution is 5.77. The molecule has 4 nitrogen and oxygen atoms in total. The van der Waals surface area contributed by atoms with Crippen molar-refractivity contribution in [3.05, 3.63) is 29.6 Å². The minimum atomic E-state index is -0.393. The van der Waals surface area contributed by atoms with Crippen LogP contribution >= 0.6 is 0 Å². The number of benzene rings is 1. The maximum atomic E-state index is 13.6. The lowest BCUT2D eigenvalue weighted by molar-refractivity contribution is -0.143. The van der Waals surface area contributed by atoms with Crippen molar-refractivity contribution in [2.45, 2.75) is 38.8 Å². The van der Waals surface area contributed by atoms with Gasteiger partial charge >= 0.3 is 0 Å². The minimum Gasteiger partial charge on any atom is -0.494 e. The summed E-state index contributed by atoms with van der Waals surface area (Å²) in [6, 6.07) is 4.91. The number of methoxy groups -OCH3 is 1. The molecule has 2 rings (SSSR count). The van der Waals surface area contributed by atoms with Crippen molar-refractivity contribution in [1.82, 2.24) is 4.90 Å². The standard InChI is InChI=1S/C16H22FNO3/c1-11-10-21-12(2)9-18(11)16(19)7-5-13-4-6-15(20-3)14(17)8-13/h4,6,8,11-12H,5,7,9-10H2,1-3H3/t11-,12+/m0/s1. The van der Waals surface area contributed by atoms with E-state index >= 15 is 0 Å². The molecule has 1 amide bonds. The summed E-state index contributed by atoms with van der Waals surface area (Å²) in [6.07, 6.45) is 0.977. The molecule has 1 aliphatic rings. The number of rotatable bonds is 4. The fourth-order valence-corrected chi connectivity index (χ4v) is 2.51. The largest absolute Gasteiger partial charge is 0.494 e. The van der Waals surface area contributed by atoms with Crippen LogP contribution in [0.1, 0.15) is 25.8 Å². The van der Waals surface area contributed by atoms with Gasteiger partial charge < -0.3 is 14.4 Å². The van der Waals surface area contributed by atoms with E-state index in [-0.39, 0.29) is 23.8 Å². The smallest absolute Gasteiger partial charge is 0.223 e. The highest BCUT2D eigenvalue weighted by atomic mass is 19.1. The van der Waals surface area contributed by atoms with E-state index in [0.717, 1.165) is 5.56 Å². The van der Waals surface area contributed by atoms with Gasteiger partial charge in [0.1, 0.15) is 0 Å². The van der Waals surface area contributed by atoms with Crippen LogP contribution in [0.3, 0.4) is 0 Å². The zero-order valence-electron chi connectivity index (χ0n) is 12.8. The van der Waals surface area contributed by atoms with Crippen LogP contribution in [0.15, 0.2) is 18.2 Å². The third-order valence-corrected chi connectivity index (χ3v) is 3.77. The molecule has 1 aromatic rings. The molecule has 2 atom stereocenters. The van der Waals surface area contributed by atoms with Gasteiger partial charge in [0.2, 0.25) is 5.91 Å². The summed E-state index contributed by atoms with van der Waals surface area (Å²) >= 11 is 0. The van der Waals surface area contributed by atoms with Gasteiger partial charge in [0.15, 0.2) is 11.6 Å². The van der Waals surface area contributed by atoms with E-state index in [1.165, 1.54) is 13.2 Å². The topological polar surface area (TPSA) is 38.8 Å². The lowest BCUT2D eigenvalue weighted by Gasteiger charge is -2.37. The Morgan fingerprint density at radius 2 is 2.24 bits per heavy atom. The van der Waals surface area contributed by atoms with E-state index in [2.05, 4.69) is 0 Å². The van der Waals surface area contributed by atoms with Gasteiger partial charge in [-0.25, -0.2) is 4.39 Å². The van der Waals surface area contributed by atoms with Gasteiger partial charge in [-0.05, 0) is 38.0 Å². The first-order valence-corrected chi connectivity index (χ1v) is 7.24. The van der Waals surface area contributed by atoms with Crippen molar-refractivity contribution in [2.24, 2.45) is 0 Å². The van der Waals surface area contributed by atoms with Crippen LogP contribution in [-0.4, -0.2) is 43.2 Å². The SMILES string of the molecule is COc1ccc(CCC(=O)N2C[C@@H](C)OC[C@@H]2C)cc1F. The van der Waals surface area contributed by atoms with Gasteiger partial charge in [-0.1, -0.05) is 6.07 Å². The summed E-state index contributed by atoms with van der Waals surface area (Å²) in [4.78, 5) is 14.1. The van der Waals surface area contributed by atoms with Gasteiger partial charge in [0, 0.05) is 13.0 Å². The molecule has 0 bridgehead atoms. The Morgan fingerprint density at radius 3 is 2.90 bits per heavy atom. The van der Waals surface area contributed by atoms with Crippen LogP contribution in [0.2, 0.25) is 0 Å². The number of amides is 1. The summed E-state index contributed by atoms with van der Waals surface area (Å²) in [6.45, 7) is 5.14. The molecule has 1 saturated heterocycles. The monoisotopic (exact) mass is 295 g/mol. The van der Waals surface area contributed by atoms with E-state index in [1.807, 2.05) is 18.7 Å². The van der Waals surface area contributed by atoms with Crippen molar-refractivity contribution in [2.75, 3.05) is 20.3 Å². The Morgan fingerprint density at radius 1 is 1.48 bits per heavy atom. The van der Waals surface area contributed by atoms with Crippen molar-refractivity contribution in [3.63, 3.8) is 0 Å². The number of hydrogen-bond donors (Lipinski definition) is 0. The molecule has 0 aromatic heterocycles. The molecule has 1 aliphatic heterocycles. The van der Waals surface area contributed by atoms with Crippen molar-refractivity contribution in [3.8, 4) is 5.75 Å². The summed E-state index contributed by atoms with van der Waals surface area (Å²) in [5.74, 6) is -0.0783. The summed E-state index contributed by atoms with van der Waals surface area (Å²) in [7, 11) is 1.43. The zero-order valence-corrected chi connectivity index (χ0v) is 12.8. The lowest BCUT2D eigenvalue weighted by atomic mass is 10.1. The van der Waals surface area contributed by atoms with Gasteiger partial charge in [-0.2, -0.15) is 0 Å². The molecule has 0 radical (unpaired) electrons. The van der Waals surface area contributed by atoms with Crippen LogP contribution in [0.4, 0.5) is 4.39 Å². The molecule has 0 spiro atoms. The minimum absolute atomic E-state index is 0.0728. The normalized spacial score (nSPS) is 22.2. The summed E-state index contributed by atoms with van der Waals surface area (Å²) in [5, 5.41) is 0. The van der Waals surface area contributed by atoms with E-state index < -0.39 is 5.82 Å². The lowest BCUT2D eigenvalue weighted by Crippen LogP contribution is -2.50. The van der Waals surface area contributed by atoms with Crippen molar-refractivity contribution < 1.29 is 18.7 Å². The number of carbonyl (C=O) groups is 1. The van der Waals surface area contributed by atoms with Gasteiger partial charge in [0.25, 0.3) is 0 Å². The third-order valence-electron chi connectivity index (χ3n) is 3.77. The van der Waals surface area contributed by atoms with E-state index in [0.29, 0.717) is 26.0 Å². The average Bonchev–Trinajstić information content (AvgIpc) is 2.47. The number of morpholine rings is 1. The fourth-order valence-electron chi connectivity index (χ4n) is 2.51. The second-order valence-corrected chi connectivity index (χ2v) is 5.51. The van der Waals surface area contributed by atoms with Crippen molar-refractivity contribution >= 4 is 5.91 Å². The Bertz CT molecular complexity index is 506. The molecule has 116 valence electrons. The third kappa shape index (κ3) is 3.94. The maximum Gasteiger partial charge on any atom is 0.223 e. The second kappa shape index (κ2) is 6.89. The number of nitrogens with zero attached hydrogens (tertiary/aromatic N) is 1. The van der Waals surface area contributed by atoms with E-state index in [1.54, 1.807) is 12.1 Å². The number of carbonyl (C=O) groups excluding carboxylic acids is 1. The molecular weight excluding hydrogens is 273 g/mol. The van der Waals surface area contributed by atoms with Crippen molar-refractivity contribution in [1.29, 1.82) is 0 Å². The van der Waals surface area contributed by atoms with E-state index in [9.17, 15) is 9.18 Å². The summed E-state index contributed by atoms with van der Waals surface area (Å²) < 4.78 is 24.0. The van der Waals surface area contributed by atoms with E-state index in [4.69, 9.17) is 9.47 Å². The molecule has 1 heterocycles. The first-order chi connectivity index (χ1) is 10.0. The zero-order chi connectivity index (χ0) is 15.4. The Labute approximate surface area is 124 Å². The van der Waals surface area contributed by atoms with Crippen LogP contribution in [0, 0.1) is 5.82 Å². The number of ether oxygens (including phenoxy) is 2. The van der Waals surface area contributed by atoms with Crippen LogP contribution < -0.4 is 4.74 Å². The molecule has 0 N–H and O–H groups in total. The molecule has 5 heteroatoms. The molecule has 0 saturated carbocycles. The number of aryl methyl sites for hydroxylation is 1. The molecule has 1 aromatic carbocycles. The van der Waals surface area contributed by atoms with Crippen LogP contribution in [0.5, 0.6) is 5.75 Å². The highest BCUT2D eigenvalue weighted by Gasteiger charge is 2.26. The number of hydrogen-bond acceptors (Lipinski definition) is 3. The first-order valence-electron chi connectivity index (χ1n) is 7.24. The van der Waals surface area contributed by atoms with Gasteiger partial charge in [-0.15, -0.1) is 0 Å². The molecular formula is C16H22FNO3. The van der Waals surface area contributed by atoms with Gasteiger partial charge in [0.05, 0.1) is 25.9 Å². The fraction of sp³-hybridized carbons (Fsp3) is 0.562. The molecule has 0 aliphatic carbocycles.